The Kier molecular flexibility index (Phi) is 3.66. The average Bonchev–Trinajstić information content (AvgIpc) is 2.31. The number of halogens is 1. The molecule has 10 heavy (non-hydrogen) atoms. The van der Waals surface area contributed by atoms with Gasteiger partial charge >= 0.3 is 0 Å². The zero-order valence-electron chi connectivity index (χ0n) is 6.44. The van der Waals surface area contributed by atoms with Crippen LogP contribution in [0, 0.1) is 5.92 Å². The fourth-order valence-electron chi connectivity index (χ4n) is 1.45. The number of rotatable bonds is 3. The lowest BCUT2D eigenvalue weighted by Gasteiger charge is -2.09. The zero-order chi connectivity index (χ0) is 7.40. The molecule has 1 saturated heterocycles. The predicted molar refractivity (Wildman–Crippen MR) is 47.4 cm³/mol. The maximum absolute atomic E-state index is 3.35. The summed E-state index contributed by atoms with van der Waals surface area (Å²) in [5, 5.41) is 3.30. The molecule has 1 unspecified atom stereocenters. The first-order valence-corrected chi connectivity index (χ1v) is 4.90. The van der Waals surface area contributed by atoms with Crippen LogP contribution >= 0.6 is 15.9 Å². The summed E-state index contributed by atoms with van der Waals surface area (Å²) in [6.07, 6.45) is 1.36. The van der Waals surface area contributed by atoms with Gasteiger partial charge in [0.1, 0.15) is 0 Å². The lowest BCUT2D eigenvalue weighted by atomic mass is 10.1. The summed E-state index contributed by atoms with van der Waals surface area (Å²) in [4.78, 5) is 2.39. The van der Waals surface area contributed by atoms with Crippen molar-refractivity contribution in [3.05, 3.63) is 0 Å². The second-order valence-corrected chi connectivity index (χ2v) is 3.57. The second kappa shape index (κ2) is 4.31. The number of nitrogens with zero attached hydrogens (tertiary/aromatic N) is 1. The number of nitrogens with one attached hydrogen (secondary N) is 1. The van der Waals surface area contributed by atoms with Gasteiger partial charge in [0.25, 0.3) is 0 Å². The summed E-state index contributed by atoms with van der Waals surface area (Å²) >= 11 is 3.35. The molecular weight excluding hydrogens is 192 g/mol. The molecule has 3 heteroatoms. The van der Waals surface area contributed by atoms with Crippen molar-refractivity contribution >= 4 is 15.9 Å². The summed E-state index contributed by atoms with van der Waals surface area (Å²) in [6.45, 7) is 3.70. The molecule has 0 aliphatic carbocycles. The topological polar surface area (TPSA) is 15.3 Å². The van der Waals surface area contributed by atoms with E-state index in [-0.39, 0.29) is 0 Å². The van der Waals surface area contributed by atoms with E-state index in [1.54, 1.807) is 0 Å². The van der Waals surface area contributed by atoms with Crippen molar-refractivity contribution in [1.82, 2.24) is 10.2 Å². The third kappa shape index (κ3) is 2.56. The average molecular weight is 207 g/mol. The van der Waals surface area contributed by atoms with Crippen molar-refractivity contribution in [1.29, 1.82) is 0 Å². The van der Waals surface area contributed by atoms with E-state index < -0.39 is 0 Å². The van der Waals surface area contributed by atoms with Crippen LogP contribution in [-0.4, -0.2) is 37.0 Å². The molecule has 1 heterocycles. The second-order valence-electron chi connectivity index (χ2n) is 3.00. The summed E-state index contributed by atoms with van der Waals surface area (Å²) in [7, 11) is 2.19. The minimum atomic E-state index is 0.877. The highest BCUT2D eigenvalue weighted by molar-refractivity contribution is 9.09. The van der Waals surface area contributed by atoms with Crippen LogP contribution in [0.15, 0.2) is 0 Å². The Morgan fingerprint density at radius 1 is 1.70 bits per heavy atom. The van der Waals surface area contributed by atoms with E-state index in [0.29, 0.717) is 0 Å². The van der Waals surface area contributed by atoms with Crippen LogP contribution in [0.25, 0.3) is 0 Å². The van der Waals surface area contributed by atoms with E-state index in [1.165, 1.54) is 19.5 Å². The fourth-order valence-corrected chi connectivity index (χ4v) is 1.68. The Hall–Kier alpha value is 0.400. The highest BCUT2D eigenvalue weighted by Gasteiger charge is 2.17. The Morgan fingerprint density at radius 2 is 2.50 bits per heavy atom. The zero-order valence-corrected chi connectivity index (χ0v) is 8.02. The monoisotopic (exact) mass is 206 g/mol. The van der Waals surface area contributed by atoms with E-state index in [0.717, 1.165) is 17.9 Å². The van der Waals surface area contributed by atoms with Gasteiger partial charge in [-0.15, -0.1) is 0 Å². The van der Waals surface area contributed by atoms with Crippen molar-refractivity contribution in [3.63, 3.8) is 0 Å². The minimum absolute atomic E-state index is 0.877. The molecule has 0 amide bonds. The predicted octanol–water partition coefficient (Wildman–Crippen LogP) is 0.880. The van der Waals surface area contributed by atoms with Crippen molar-refractivity contribution < 1.29 is 0 Å². The SMILES string of the molecule is CN1CCC(CNCBr)C1. The highest BCUT2D eigenvalue weighted by Crippen LogP contribution is 2.12. The van der Waals surface area contributed by atoms with Crippen molar-refractivity contribution in [3.8, 4) is 0 Å². The lowest BCUT2D eigenvalue weighted by molar-refractivity contribution is 0.391. The molecule has 0 aromatic heterocycles. The van der Waals surface area contributed by atoms with Gasteiger partial charge in [-0.3, -0.25) is 0 Å². The van der Waals surface area contributed by atoms with Gasteiger partial charge in [-0.2, -0.15) is 0 Å². The number of hydrogen-bond donors (Lipinski definition) is 1. The first-order valence-electron chi connectivity index (χ1n) is 3.78. The van der Waals surface area contributed by atoms with Gasteiger partial charge in [0, 0.05) is 13.1 Å². The summed E-state index contributed by atoms with van der Waals surface area (Å²) in [5.41, 5.74) is 0.924. The van der Waals surface area contributed by atoms with Crippen molar-refractivity contribution in [2.24, 2.45) is 5.92 Å². The Labute approximate surface area is 71.1 Å². The molecule has 1 aliphatic heterocycles. The van der Waals surface area contributed by atoms with Gasteiger partial charge < -0.3 is 10.2 Å². The van der Waals surface area contributed by atoms with Crippen molar-refractivity contribution in [2.45, 2.75) is 6.42 Å². The molecule has 1 fully saturated rings. The molecule has 0 radical (unpaired) electrons. The number of likely N-dealkylation sites (tertiary alicyclic amines) is 1. The molecule has 0 aromatic carbocycles. The summed E-state index contributed by atoms with van der Waals surface area (Å²) in [6, 6.07) is 0. The molecule has 0 aromatic rings. The fraction of sp³-hybridized carbons (Fsp3) is 1.00. The Morgan fingerprint density at radius 3 is 3.00 bits per heavy atom. The van der Waals surface area contributed by atoms with Gasteiger partial charge in [0.15, 0.2) is 0 Å². The lowest BCUT2D eigenvalue weighted by Crippen LogP contribution is -2.23. The van der Waals surface area contributed by atoms with E-state index >= 15 is 0 Å². The largest absolute Gasteiger partial charge is 0.307 e. The summed E-state index contributed by atoms with van der Waals surface area (Å²) in [5.74, 6) is 0.877. The van der Waals surface area contributed by atoms with E-state index in [2.05, 4.69) is 33.2 Å². The number of alkyl halides is 1. The first kappa shape index (κ1) is 8.50. The van der Waals surface area contributed by atoms with E-state index in [9.17, 15) is 0 Å². The van der Waals surface area contributed by atoms with E-state index in [1.807, 2.05) is 0 Å². The van der Waals surface area contributed by atoms with Crippen LogP contribution in [0.1, 0.15) is 6.42 Å². The number of hydrogen-bond acceptors (Lipinski definition) is 2. The maximum atomic E-state index is 3.35. The summed E-state index contributed by atoms with van der Waals surface area (Å²) < 4.78 is 0. The first-order chi connectivity index (χ1) is 4.83. The highest BCUT2D eigenvalue weighted by atomic mass is 79.9. The van der Waals surface area contributed by atoms with Crippen LogP contribution in [0.5, 0.6) is 0 Å². The molecule has 1 aliphatic rings. The molecular formula is C7H15BrN2. The van der Waals surface area contributed by atoms with Crippen molar-refractivity contribution in [2.75, 3.05) is 32.1 Å². The molecule has 1 atom stereocenters. The Balaban J connectivity index is 2.06. The van der Waals surface area contributed by atoms with Gasteiger partial charge in [-0.1, -0.05) is 15.9 Å². The van der Waals surface area contributed by atoms with Gasteiger partial charge in [0.2, 0.25) is 0 Å². The molecule has 1 rings (SSSR count). The maximum Gasteiger partial charge on any atom is 0.0517 e. The standard InChI is InChI=1S/C7H15BrN2/c1-10-3-2-7(5-10)4-9-6-8/h7,9H,2-6H2,1H3. The van der Waals surface area contributed by atoms with Crippen LogP contribution in [0.4, 0.5) is 0 Å². The molecule has 2 nitrogen and oxygen atoms in total. The van der Waals surface area contributed by atoms with Gasteiger partial charge in [0.05, 0.1) is 5.45 Å². The smallest absolute Gasteiger partial charge is 0.0517 e. The molecule has 1 N–H and O–H groups in total. The van der Waals surface area contributed by atoms with Crippen LogP contribution in [0.3, 0.4) is 0 Å². The van der Waals surface area contributed by atoms with Gasteiger partial charge in [-0.25, -0.2) is 0 Å². The van der Waals surface area contributed by atoms with Crippen LogP contribution in [-0.2, 0) is 0 Å². The normalized spacial score (nSPS) is 27.6. The van der Waals surface area contributed by atoms with E-state index in [4.69, 9.17) is 0 Å². The minimum Gasteiger partial charge on any atom is -0.307 e. The molecule has 0 saturated carbocycles. The van der Waals surface area contributed by atoms with Gasteiger partial charge in [-0.05, 0) is 25.9 Å². The molecule has 0 bridgehead atoms. The third-order valence-corrected chi connectivity index (χ3v) is 2.41. The quantitative estimate of drug-likeness (QED) is 0.546. The van der Waals surface area contributed by atoms with Crippen LogP contribution in [0.2, 0.25) is 0 Å². The Bertz CT molecular complexity index is 97.6. The molecule has 60 valence electrons. The van der Waals surface area contributed by atoms with Crippen LogP contribution < -0.4 is 5.32 Å². The third-order valence-electron chi connectivity index (χ3n) is 2.02. The molecule has 0 spiro atoms.